The van der Waals surface area contributed by atoms with E-state index in [0.717, 1.165) is 19.3 Å². The van der Waals surface area contributed by atoms with E-state index in [-0.39, 0.29) is 29.8 Å². The molecule has 4 aliphatic rings. The van der Waals surface area contributed by atoms with E-state index in [9.17, 15) is 4.79 Å². The lowest BCUT2D eigenvalue weighted by molar-refractivity contribution is -0.446. The minimum Gasteiger partial charge on any atom is -0.467 e. The molecule has 1 aromatic carbocycles. The van der Waals surface area contributed by atoms with Gasteiger partial charge in [0, 0.05) is 17.9 Å². The molecule has 0 N–H and O–H groups in total. The Labute approximate surface area is 204 Å². The second kappa shape index (κ2) is 9.63. The van der Waals surface area contributed by atoms with Crippen LogP contribution < -0.4 is 0 Å². The van der Waals surface area contributed by atoms with E-state index in [2.05, 4.69) is 58.0 Å². The van der Waals surface area contributed by atoms with E-state index in [1.165, 1.54) is 19.1 Å². The number of ether oxygens (including phenoxy) is 2. The number of hydrogen-bond acceptors (Lipinski definition) is 7. The van der Waals surface area contributed by atoms with Gasteiger partial charge in [0.25, 0.3) is 0 Å². The molecule has 0 aromatic heterocycles. The van der Waals surface area contributed by atoms with Crippen molar-refractivity contribution in [1.29, 1.82) is 0 Å². The van der Waals surface area contributed by atoms with Crippen LogP contribution >= 0.6 is 0 Å². The van der Waals surface area contributed by atoms with Crippen LogP contribution in [0.2, 0.25) is 16.6 Å². The fraction of sp³-hybridized carbons (Fsp3) is 0.731. The lowest BCUT2D eigenvalue weighted by Gasteiger charge is -2.41. The van der Waals surface area contributed by atoms with Gasteiger partial charge >= 0.3 is 5.97 Å². The van der Waals surface area contributed by atoms with Gasteiger partial charge in [0.15, 0.2) is 12.4 Å². The third-order valence-electron chi connectivity index (χ3n) is 8.55. The summed E-state index contributed by atoms with van der Waals surface area (Å²) < 4.78 is 18.8. The summed E-state index contributed by atoms with van der Waals surface area (Å²) in [6.07, 6.45) is 4.02. The highest BCUT2D eigenvalue weighted by molar-refractivity contribution is 6.79. The minimum absolute atomic E-state index is 0.0300. The normalized spacial score (nSPS) is 37.2. The number of esters is 1. The summed E-state index contributed by atoms with van der Waals surface area (Å²) in [5, 5.41) is 1.55. The fourth-order valence-corrected chi connectivity index (χ4v) is 13.0. The van der Waals surface area contributed by atoms with Crippen LogP contribution in [0.25, 0.3) is 0 Å². The van der Waals surface area contributed by atoms with Crippen molar-refractivity contribution >= 4 is 14.3 Å². The van der Waals surface area contributed by atoms with Crippen LogP contribution in [0.5, 0.6) is 0 Å². The topological polar surface area (TPSA) is 66.5 Å². The highest BCUT2D eigenvalue weighted by Gasteiger charge is 2.71. The molecular weight excluding hydrogens is 450 g/mol. The van der Waals surface area contributed by atoms with E-state index in [4.69, 9.17) is 23.6 Å². The summed E-state index contributed by atoms with van der Waals surface area (Å²) in [6.45, 7) is 8.90. The standard InChI is InChI=1S/C26H39NO6Si/c1-16(2)34(17(3)4)25-23-21(33-34)15-22(31-27(23)32-24(25)26(28)29-5)30-20-14-10-9-13-19(20)18-11-7-6-8-12-18/h6-8,11-12,16-17,19-25H,9-10,13-15H2,1-5H3/t19-,20+,21+,22-,23-,24+,25+/m0/s1. The number of methoxy groups -OCH3 is 1. The molecule has 3 saturated heterocycles. The summed E-state index contributed by atoms with van der Waals surface area (Å²) >= 11 is 0. The van der Waals surface area contributed by atoms with Crippen LogP contribution in [0.3, 0.4) is 0 Å². The number of hydrogen-bond donors (Lipinski definition) is 0. The summed E-state index contributed by atoms with van der Waals surface area (Å²) in [4.78, 5) is 25.2. The van der Waals surface area contributed by atoms with Gasteiger partial charge in [0.2, 0.25) is 8.32 Å². The van der Waals surface area contributed by atoms with E-state index in [1.807, 2.05) is 0 Å². The molecule has 34 heavy (non-hydrogen) atoms. The Kier molecular flexibility index (Phi) is 6.91. The van der Waals surface area contributed by atoms with Gasteiger partial charge in [-0.05, 0) is 29.5 Å². The molecule has 7 atom stereocenters. The number of hydroxylamine groups is 2. The van der Waals surface area contributed by atoms with Crippen molar-refractivity contribution in [3.63, 3.8) is 0 Å². The molecular formula is C26H39NO6Si. The molecule has 0 bridgehead atoms. The Morgan fingerprint density at radius 1 is 1.06 bits per heavy atom. The van der Waals surface area contributed by atoms with Crippen molar-refractivity contribution in [3.05, 3.63) is 35.9 Å². The molecule has 5 rings (SSSR count). The van der Waals surface area contributed by atoms with Crippen molar-refractivity contribution in [3.8, 4) is 0 Å². The molecule has 1 aliphatic carbocycles. The minimum atomic E-state index is -2.40. The van der Waals surface area contributed by atoms with Crippen LogP contribution in [0, 0.1) is 0 Å². The Balaban J connectivity index is 1.39. The highest BCUT2D eigenvalue weighted by atomic mass is 28.4. The Bertz CT molecular complexity index is 858. The van der Waals surface area contributed by atoms with Crippen LogP contribution in [-0.2, 0) is 28.4 Å². The average molecular weight is 490 g/mol. The van der Waals surface area contributed by atoms with Gasteiger partial charge in [-0.2, -0.15) is 0 Å². The Hall–Kier alpha value is -1.29. The molecule has 0 radical (unpaired) electrons. The SMILES string of the molecule is COC(=O)[C@@H]1ON2O[C@H](O[C@@H]3CCCC[C@H]3c3ccccc3)C[C@H]3O[Si](C(C)C)(C(C)C)[C@@H]1[C@H]32. The number of carbonyl (C=O) groups is 1. The summed E-state index contributed by atoms with van der Waals surface area (Å²) in [6, 6.07) is 10.6. The first-order valence-corrected chi connectivity index (χ1v) is 15.1. The van der Waals surface area contributed by atoms with Gasteiger partial charge in [-0.3, -0.25) is 4.84 Å². The number of benzene rings is 1. The second-order valence-electron chi connectivity index (χ2n) is 10.9. The van der Waals surface area contributed by atoms with Gasteiger partial charge in [0.1, 0.15) is 0 Å². The summed E-state index contributed by atoms with van der Waals surface area (Å²) in [5.74, 6) is 0.00921. The second-order valence-corrected chi connectivity index (χ2v) is 15.8. The number of rotatable bonds is 6. The van der Waals surface area contributed by atoms with E-state index < -0.39 is 20.7 Å². The lowest BCUT2D eigenvalue weighted by Crippen LogP contribution is -2.51. The molecule has 188 valence electrons. The van der Waals surface area contributed by atoms with Crippen molar-refractivity contribution in [2.24, 2.45) is 0 Å². The van der Waals surface area contributed by atoms with Gasteiger partial charge in [-0.1, -0.05) is 76.1 Å². The summed E-state index contributed by atoms with van der Waals surface area (Å²) in [7, 11) is -0.976. The molecule has 1 saturated carbocycles. The van der Waals surface area contributed by atoms with Crippen molar-refractivity contribution < 1.29 is 28.4 Å². The van der Waals surface area contributed by atoms with Crippen molar-refractivity contribution in [2.75, 3.05) is 7.11 Å². The molecule has 3 heterocycles. The predicted octanol–water partition coefficient (Wildman–Crippen LogP) is 5.08. The number of nitrogens with zero attached hydrogens (tertiary/aromatic N) is 1. The lowest BCUT2D eigenvalue weighted by atomic mass is 9.81. The van der Waals surface area contributed by atoms with Gasteiger partial charge in [-0.15, -0.1) is 0 Å². The maximum Gasteiger partial charge on any atom is 0.337 e. The third-order valence-corrected chi connectivity index (χ3v) is 14.6. The molecule has 0 unspecified atom stereocenters. The molecule has 4 fully saturated rings. The largest absolute Gasteiger partial charge is 0.467 e. The molecule has 8 heteroatoms. The van der Waals surface area contributed by atoms with Gasteiger partial charge in [0.05, 0.1) is 25.4 Å². The van der Waals surface area contributed by atoms with Crippen LogP contribution in [0.1, 0.15) is 71.3 Å². The van der Waals surface area contributed by atoms with E-state index in [1.54, 1.807) is 5.23 Å². The average Bonchev–Trinajstić information content (AvgIpc) is 3.39. The molecule has 7 nitrogen and oxygen atoms in total. The van der Waals surface area contributed by atoms with Crippen LogP contribution in [0.15, 0.2) is 30.3 Å². The quantitative estimate of drug-likeness (QED) is 0.408. The van der Waals surface area contributed by atoms with Crippen LogP contribution in [-0.4, -0.2) is 57.3 Å². The molecule has 0 amide bonds. The predicted molar refractivity (Wildman–Crippen MR) is 129 cm³/mol. The molecule has 0 spiro atoms. The zero-order valence-corrected chi connectivity index (χ0v) is 22.0. The first-order valence-electron chi connectivity index (χ1n) is 13.0. The van der Waals surface area contributed by atoms with Crippen LogP contribution in [0.4, 0.5) is 0 Å². The Morgan fingerprint density at radius 3 is 2.44 bits per heavy atom. The molecule has 3 aliphatic heterocycles. The fourth-order valence-electron chi connectivity index (χ4n) is 7.10. The van der Waals surface area contributed by atoms with Gasteiger partial charge in [-0.25, -0.2) is 9.63 Å². The highest BCUT2D eigenvalue weighted by Crippen LogP contribution is 2.59. The zero-order valence-electron chi connectivity index (χ0n) is 21.0. The Morgan fingerprint density at radius 2 is 1.76 bits per heavy atom. The summed E-state index contributed by atoms with van der Waals surface area (Å²) in [5.41, 5.74) is 1.96. The number of carbonyl (C=O) groups excluding carboxylic acids is 1. The maximum atomic E-state index is 12.8. The van der Waals surface area contributed by atoms with E-state index >= 15 is 0 Å². The van der Waals surface area contributed by atoms with Gasteiger partial charge < -0.3 is 13.9 Å². The maximum absolute atomic E-state index is 12.8. The first-order chi connectivity index (χ1) is 16.4. The van der Waals surface area contributed by atoms with Crippen molar-refractivity contribution in [2.45, 2.75) is 113 Å². The third kappa shape index (κ3) is 3.96. The first kappa shape index (κ1) is 24.4. The smallest absolute Gasteiger partial charge is 0.337 e. The van der Waals surface area contributed by atoms with Crippen molar-refractivity contribution in [1.82, 2.24) is 5.23 Å². The molecule has 1 aromatic rings. The van der Waals surface area contributed by atoms with E-state index in [0.29, 0.717) is 23.4 Å². The monoisotopic (exact) mass is 489 g/mol. The zero-order chi connectivity index (χ0) is 24.0.